The number of amides is 2. The van der Waals surface area contributed by atoms with Crippen molar-refractivity contribution in [2.75, 3.05) is 32.1 Å². The molecular weight excluding hydrogens is 369 g/mol. The molecule has 0 bridgehead atoms. The van der Waals surface area contributed by atoms with Gasteiger partial charge in [0.25, 0.3) is 5.91 Å². The zero-order valence-electron chi connectivity index (χ0n) is 13.9. The lowest BCUT2D eigenvalue weighted by Gasteiger charge is -2.22. The summed E-state index contributed by atoms with van der Waals surface area (Å²) in [4.78, 5) is 26.3. The molecule has 0 aliphatic carbocycles. The van der Waals surface area contributed by atoms with Crippen LogP contribution in [0.2, 0.25) is 0 Å². The van der Waals surface area contributed by atoms with E-state index in [0.717, 1.165) is 6.07 Å². The third kappa shape index (κ3) is 5.30. The fourth-order valence-corrected chi connectivity index (χ4v) is 2.90. The third-order valence-corrected chi connectivity index (χ3v) is 4.28. The van der Waals surface area contributed by atoms with Crippen molar-refractivity contribution in [3.63, 3.8) is 0 Å². The Balaban J connectivity index is 2.12. The number of methoxy groups -OCH3 is 1. The highest BCUT2D eigenvalue weighted by molar-refractivity contribution is 7.12. The fourth-order valence-electron chi connectivity index (χ4n) is 2.21. The maximum absolute atomic E-state index is 13.0. The molecule has 1 N–H and O–H groups in total. The van der Waals surface area contributed by atoms with Crippen LogP contribution >= 0.6 is 11.3 Å². The van der Waals surface area contributed by atoms with Gasteiger partial charge >= 0.3 is 6.18 Å². The predicted molar refractivity (Wildman–Crippen MR) is 92.2 cm³/mol. The van der Waals surface area contributed by atoms with Gasteiger partial charge in [0.05, 0.1) is 22.7 Å². The van der Waals surface area contributed by atoms with Crippen molar-refractivity contribution in [2.45, 2.75) is 6.18 Å². The van der Waals surface area contributed by atoms with Gasteiger partial charge in [0, 0.05) is 13.7 Å². The highest BCUT2D eigenvalue weighted by Crippen LogP contribution is 2.34. The van der Waals surface area contributed by atoms with E-state index in [-0.39, 0.29) is 31.3 Å². The van der Waals surface area contributed by atoms with Gasteiger partial charge < -0.3 is 15.0 Å². The van der Waals surface area contributed by atoms with E-state index in [1.54, 1.807) is 17.5 Å². The Labute approximate surface area is 152 Å². The SMILES string of the molecule is COCCN(CC(=O)Nc1ccccc1C(F)(F)F)C(=O)c1cccs1. The van der Waals surface area contributed by atoms with E-state index in [0.29, 0.717) is 4.88 Å². The molecule has 0 saturated carbocycles. The summed E-state index contributed by atoms with van der Waals surface area (Å²) in [6, 6.07) is 8.00. The number of carbonyl (C=O) groups is 2. The molecule has 0 fully saturated rings. The lowest BCUT2D eigenvalue weighted by Crippen LogP contribution is -2.39. The summed E-state index contributed by atoms with van der Waals surface area (Å²) >= 11 is 1.22. The standard InChI is InChI=1S/C17H17F3N2O3S/c1-25-9-8-22(16(24)14-7-4-10-26-14)11-15(23)21-13-6-3-2-5-12(13)17(18,19)20/h2-7,10H,8-9,11H2,1H3,(H,21,23). The zero-order valence-corrected chi connectivity index (χ0v) is 14.7. The minimum absolute atomic E-state index is 0.140. The van der Waals surface area contributed by atoms with Crippen molar-refractivity contribution in [3.05, 3.63) is 52.2 Å². The smallest absolute Gasteiger partial charge is 0.383 e. The molecule has 5 nitrogen and oxygen atoms in total. The molecule has 0 unspecified atom stereocenters. The zero-order chi connectivity index (χ0) is 19.2. The third-order valence-electron chi connectivity index (χ3n) is 3.43. The van der Waals surface area contributed by atoms with Crippen LogP contribution < -0.4 is 5.32 Å². The van der Waals surface area contributed by atoms with Crippen LogP contribution in [0.3, 0.4) is 0 Å². The Kier molecular flexibility index (Phi) is 6.76. The van der Waals surface area contributed by atoms with Gasteiger partial charge in [-0.1, -0.05) is 18.2 Å². The number of alkyl halides is 3. The summed E-state index contributed by atoms with van der Waals surface area (Å²) in [5, 5.41) is 3.96. The quantitative estimate of drug-likeness (QED) is 0.793. The van der Waals surface area contributed by atoms with Crippen LogP contribution in [-0.4, -0.2) is 43.5 Å². The van der Waals surface area contributed by atoms with Crippen molar-refractivity contribution < 1.29 is 27.5 Å². The molecule has 0 atom stereocenters. The predicted octanol–water partition coefficient (Wildman–Crippen LogP) is 3.49. The van der Waals surface area contributed by atoms with E-state index in [1.165, 1.54) is 41.5 Å². The number of ether oxygens (including phenoxy) is 1. The monoisotopic (exact) mass is 386 g/mol. The second-order valence-electron chi connectivity index (χ2n) is 5.29. The molecule has 0 aliphatic rings. The number of para-hydroxylation sites is 1. The molecule has 0 radical (unpaired) electrons. The van der Waals surface area contributed by atoms with Gasteiger partial charge in [-0.15, -0.1) is 11.3 Å². The minimum atomic E-state index is -4.59. The first-order valence-corrected chi connectivity index (χ1v) is 8.48. The van der Waals surface area contributed by atoms with Gasteiger partial charge in [0.2, 0.25) is 5.91 Å². The normalized spacial score (nSPS) is 11.2. The average molecular weight is 386 g/mol. The summed E-state index contributed by atoms with van der Waals surface area (Å²) in [6.07, 6.45) is -4.59. The number of rotatable bonds is 7. The molecule has 1 heterocycles. The molecule has 1 aromatic carbocycles. The van der Waals surface area contributed by atoms with Gasteiger partial charge in [-0.2, -0.15) is 13.2 Å². The van der Waals surface area contributed by atoms with Crippen molar-refractivity contribution in [2.24, 2.45) is 0 Å². The number of thiophene rings is 1. The summed E-state index contributed by atoms with van der Waals surface area (Å²) in [5.41, 5.74) is -1.29. The Morgan fingerprint density at radius 3 is 2.54 bits per heavy atom. The molecule has 26 heavy (non-hydrogen) atoms. The van der Waals surface area contributed by atoms with Crippen molar-refractivity contribution >= 4 is 28.8 Å². The highest BCUT2D eigenvalue weighted by atomic mass is 32.1. The van der Waals surface area contributed by atoms with E-state index >= 15 is 0 Å². The van der Waals surface area contributed by atoms with Crippen LogP contribution in [0.15, 0.2) is 41.8 Å². The van der Waals surface area contributed by atoms with Gasteiger partial charge in [-0.3, -0.25) is 9.59 Å². The van der Waals surface area contributed by atoms with Crippen LogP contribution in [0.4, 0.5) is 18.9 Å². The summed E-state index contributed by atoms with van der Waals surface area (Å²) in [7, 11) is 1.45. The van der Waals surface area contributed by atoms with Crippen LogP contribution in [0, 0.1) is 0 Å². The molecule has 9 heteroatoms. The van der Waals surface area contributed by atoms with E-state index in [9.17, 15) is 22.8 Å². The number of hydrogen-bond acceptors (Lipinski definition) is 4. The van der Waals surface area contributed by atoms with Crippen LogP contribution in [0.5, 0.6) is 0 Å². The van der Waals surface area contributed by atoms with Crippen LogP contribution in [-0.2, 0) is 15.7 Å². The van der Waals surface area contributed by atoms with Gasteiger partial charge in [-0.05, 0) is 23.6 Å². The Hall–Kier alpha value is -2.39. The Morgan fingerprint density at radius 2 is 1.92 bits per heavy atom. The highest BCUT2D eigenvalue weighted by Gasteiger charge is 2.33. The lowest BCUT2D eigenvalue weighted by molar-refractivity contribution is -0.137. The molecule has 0 aliphatic heterocycles. The molecule has 2 aromatic rings. The number of carbonyl (C=O) groups excluding carboxylic acids is 2. The first kappa shape index (κ1) is 19.9. The van der Waals surface area contributed by atoms with Crippen molar-refractivity contribution in [3.8, 4) is 0 Å². The lowest BCUT2D eigenvalue weighted by atomic mass is 10.1. The second-order valence-corrected chi connectivity index (χ2v) is 6.24. The van der Waals surface area contributed by atoms with Gasteiger partial charge in [0.15, 0.2) is 0 Å². The first-order valence-electron chi connectivity index (χ1n) is 7.60. The number of nitrogens with zero attached hydrogens (tertiary/aromatic N) is 1. The molecule has 2 rings (SSSR count). The van der Waals surface area contributed by atoms with E-state index < -0.39 is 17.6 Å². The van der Waals surface area contributed by atoms with Crippen molar-refractivity contribution in [1.29, 1.82) is 0 Å². The number of nitrogens with one attached hydrogen (secondary N) is 1. The molecule has 140 valence electrons. The summed E-state index contributed by atoms with van der Waals surface area (Å²) < 4.78 is 44.0. The second kappa shape index (κ2) is 8.81. The molecule has 1 aromatic heterocycles. The maximum atomic E-state index is 13.0. The van der Waals surface area contributed by atoms with E-state index in [1.807, 2.05) is 0 Å². The first-order chi connectivity index (χ1) is 12.3. The molecule has 0 saturated heterocycles. The van der Waals surface area contributed by atoms with E-state index in [4.69, 9.17) is 4.74 Å². The number of hydrogen-bond donors (Lipinski definition) is 1. The molecule has 0 spiro atoms. The molecule has 2 amide bonds. The summed E-state index contributed by atoms with van der Waals surface area (Å²) in [5.74, 6) is -1.10. The fraction of sp³-hybridized carbons (Fsp3) is 0.294. The minimum Gasteiger partial charge on any atom is -0.383 e. The topological polar surface area (TPSA) is 58.6 Å². The van der Waals surface area contributed by atoms with Gasteiger partial charge in [0.1, 0.15) is 6.54 Å². The van der Waals surface area contributed by atoms with Crippen LogP contribution in [0.1, 0.15) is 15.2 Å². The molecular formula is C17H17F3N2O3S. The van der Waals surface area contributed by atoms with E-state index in [2.05, 4.69) is 5.32 Å². The Morgan fingerprint density at radius 1 is 1.19 bits per heavy atom. The number of halogens is 3. The number of benzene rings is 1. The number of anilines is 1. The Bertz CT molecular complexity index is 748. The van der Waals surface area contributed by atoms with Gasteiger partial charge in [-0.25, -0.2) is 0 Å². The largest absolute Gasteiger partial charge is 0.418 e. The average Bonchev–Trinajstić information content (AvgIpc) is 3.12. The maximum Gasteiger partial charge on any atom is 0.418 e. The van der Waals surface area contributed by atoms with Crippen LogP contribution in [0.25, 0.3) is 0 Å². The summed E-state index contributed by atoms with van der Waals surface area (Å²) in [6.45, 7) is -0.0443. The van der Waals surface area contributed by atoms with Crippen molar-refractivity contribution in [1.82, 2.24) is 4.90 Å².